The Kier molecular flexibility index (Phi) is 4.33. The van der Waals surface area contributed by atoms with Crippen LogP contribution in [0.4, 0.5) is 13.2 Å². The number of hydrogen-bond acceptors (Lipinski definition) is 4. The second-order valence-corrected chi connectivity index (χ2v) is 4.90. The molecule has 23 heavy (non-hydrogen) atoms. The van der Waals surface area contributed by atoms with E-state index >= 15 is 0 Å². The lowest BCUT2D eigenvalue weighted by molar-refractivity contribution is -0.144. The molecular weight excluding hydrogens is 339 g/mol. The zero-order valence-corrected chi connectivity index (χ0v) is 12.3. The molecule has 0 atom stereocenters. The van der Waals surface area contributed by atoms with Gasteiger partial charge in [-0.3, -0.25) is 9.36 Å². The molecule has 1 N–H and O–H groups in total. The summed E-state index contributed by atoms with van der Waals surface area (Å²) in [5.41, 5.74) is -3.49. The predicted octanol–water partition coefficient (Wildman–Crippen LogP) is 2.02. The van der Waals surface area contributed by atoms with E-state index < -0.39 is 23.1 Å². The molecule has 0 aliphatic carbocycles. The molecule has 0 saturated heterocycles. The Hall–Kier alpha value is -2.55. The first-order chi connectivity index (χ1) is 10.7. The van der Waals surface area contributed by atoms with E-state index in [1.54, 1.807) is 0 Å². The summed E-state index contributed by atoms with van der Waals surface area (Å²) < 4.78 is 39.3. The van der Waals surface area contributed by atoms with Crippen LogP contribution < -0.4 is 11.2 Å². The molecule has 10 heteroatoms. The highest BCUT2D eigenvalue weighted by Crippen LogP contribution is 2.27. The van der Waals surface area contributed by atoms with Gasteiger partial charge in [-0.05, 0) is 18.2 Å². The summed E-state index contributed by atoms with van der Waals surface area (Å²) in [4.78, 5) is 24.1. The maximum absolute atomic E-state index is 12.8. The van der Waals surface area contributed by atoms with E-state index in [0.717, 1.165) is 13.3 Å². The average Bonchev–Trinajstić information content (AvgIpc) is 2.45. The van der Waals surface area contributed by atoms with Gasteiger partial charge in [0.2, 0.25) is 0 Å². The quantitative estimate of drug-likeness (QED) is 0.513. The fraction of sp³-hybridized carbons (Fsp3) is 0.154. The smallest absolute Gasteiger partial charge is 0.411 e. The molecule has 122 valence electrons. The Labute approximate surface area is 131 Å². The van der Waals surface area contributed by atoms with Gasteiger partial charge in [-0.1, -0.05) is 16.8 Å². The first kappa shape index (κ1) is 16.8. The molecule has 0 spiro atoms. The summed E-state index contributed by atoms with van der Waals surface area (Å²) in [6, 6.07) is 4.17. The van der Waals surface area contributed by atoms with Crippen molar-refractivity contribution in [1.82, 2.24) is 9.13 Å². The molecule has 1 aromatic heterocycles. The highest BCUT2D eigenvalue weighted by Gasteiger charge is 2.35. The lowest BCUT2D eigenvalue weighted by atomic mass is 10.2. The molecule has 0 unspecified atom stereocenters. The van der Waals surface area contributed by atoms with Gasteiger partial charge in [-0.15, -0.1) is 0 Å². The van der Waals surface area contributed by atoms with E-state index in [9.17, 15) is 22.8 Å². The van der Waals surface area contributed by atoms with E-state index in [0.29, 0.717) is 15.2 Å². The van der Waals surface area contributed by atoms with Gasteiger partial charge < -0.3 is 5.21 Å². The van der Waals surface area contributed by atoms with Gasteiger partial charge >= 0.3 is 11.9 Å². The van der Waals surface area contributed by atoms with Gasteiger partial charge in [0.05, 0.1) is 11.9 Å². The van der Waals surface area contributed by atoms with E-state index in [1.165, 1.54) is 18.2 Å². The highest BCUT2D eigenvalue weighted by molar-refractivity contribution is 6.33. The molecule has 0 fully saturated rings. The number of alkyl halides is 3. The van der Waals surface area contributed by atoms with Gasteiger partial charge in [-0.2, -0.15) is 13.2 Å². The summed E-state index contributed by atoms with van der Waals surface area (Å²) in [5.74, 6) is 0. The second kappa shape index (κ2) is 5.92. The van der Waals surface area contributed by atoms with Gasteiger partial charge in [-0.25, -0.2) is 9.36 Å². The van der Waals surface area contributed by atoms with Crippen LogP contribution in [0.2, 0.25) is 5.02 Å². The lowest BCUT2D eigenvalue weighted by Gasteiger charge is -2.14. The van der Waals surface area contributed by atoms with Crippen molar-refractivity contribution in [3.8, 4) is 5.69 Å². The predicted molar refractivity (Wildman–Crippen MR) is 76.7 cm³/mol. The molecule has 0 amide bonds. The van der Waals surface area contributed by atoms with Gasteiger partial charge in [0.25, 0.3) is 5.56 Å². The Morgan fingerprint density at radius 3 is 2.48 bits per heavy atom. The molecule has 1 aromatic carbocycles. The zero-order valence-electron chi connectivity index (χ0n) is 11.5. The topological polar surface area (TPSA) is 76.6 Å². The van der Waals surface area contributed by atoms with Crippen LogP contribution in [0.5, 0.6) is 0 Å². The van der Waals surface area contributed by atoms with Crippen LogP contribution >= 0.6 is 11.6 Å². The van der Waals surface area contributed by atoms with Crippen molar-refractivity contribution in [2.75, 3.05) is 0 Å². The van der Waals surface area contributed by atoms with Crippen molar-refractivity contribution in [3.05, 3.63) is 61.4 Å². The van der Waals surface area contributed by atoms with Crippen molar-refractivity contribution in [3.63, 3.8) is 0 Å². The van der Waals surface area contributed by atoms with Crippen LogP contribution in [0.3, 0.4) is 0 Å². The van der Waals surface area contributed by atoms with Crippen LogP contribution in [-0.2, 0) is 13.2 Å². The Morgan fingerprint density at radius 2 is 1.91 bits per heavy atom. The third kappa shape index (κ3) is 3.14. The third-order valence-electron chi connectivity index (χ3n) is 3.05. The number of halogens is 4. The van der Waals surface area contributed by atoms with E-state index in [2.05, 4.69) is 5.16 Å². The fourth-order valence-corrected chi connectivity index (χ4v) is 2.13. The number of rotatable bonds is 2. The van der Waals surface area contributed by atoms with Crippen LogP contribution in [0.1, 0.15) is 11.3 Å². The summed E-state index contributed by atoms with van der Waals surface area (Å²) in [6.45, 7) is 0. The summed E-state index contributed by atoms with van der Waals surface area (Å²) in [6.07, 6.45) is -3.87. The summed E-state index contributed by atoms with van der Waals surface area (Å²) in [5, 5.41) is 11.5. The normalized spacial score (nSPS) is 12.0. The number of nitrogens with zero attached hydrogens (tertiary/aromatic N) is 3. The maximum Gasteiger partial charge on any atom is 0.431 e. The Morgan fingerprint density at radius 1 is 1.26 bits per heavy atom. The van der Waals surface area contributed by atoms with Crippen LogP contribution in [0.15, 0.2) is 39.0 Å². The number of aromatic nitrogens is 2. The summed E-state index contributed by atoms with van der Waals surface area (Å²) in [7, 11) is 0.910. The minimum atomic E-state index is -4.83. The molecule has 0 bridgehead atoms. The largest absolute Gasteiger partial charge is 0.431 e. The zero-order chi connectivity index (χ0) is 17.4. The summed E-state index contributed by atoms with van der Waals surface area (Å²) >= 11 is 5.84. The van der Waals surface area contributed by atoms with Crippen molar-refractivity contribution in [2.24, 2.45) is 12.2 Å². The second-order valence-electron chi connectivity index (χ2n) is 4.49. The van der Waals surface area contributed by atoms with E-state index in [-0.39, 0.29) is 16.3 Å². The molecule has 0 radical (unpaired) electrons. The molecular formula is C13H9ClF3N3O3. The highest BCUT2D eigenvalue weighted by atomic mass is 35.5. The molecule has 6 nitrogen and oxygen atoms in total. The van der Waals surface area contributed by atoms with E-state index in [1.807, 2.05) is 0 Å². The monoisotopic (exact) mass is 347 g/mol. The third-order valence-corrected chi connectivity index (χ3v) is 3.39. The first-order valence-corrected chi connectivity index (χ1v) is 6.42. The maximum atomic E-state index is 12.8. The molecule has 1 heterocycles. The average molecular weight is 348 g/mol. The van der Waals surface area contributed by atoms with Crippen LogP contribution in [-0.4, -0.2) is 20.6 Å². The van der Waals surface area contributed by atoms with Crippen LogP contribution in [0, 0.1) is 0 Å². The Bertz CT molecular complexity index is 900. The van der Waals surface area contributed by atoms with Gasteiger partial charge in [0, 0.05) is 23.7 Å². The molecule has 0 aliphatic heterocycles. The number of hydrogen-bond donors (Lipinski definition) is 1. The van der Waals surface area contributed by atoms with Gasteiger partial charge in [0.1, 0.15) is 5.69 Å². The standard InChI is InChI=1S/C13H9ClF3N3O3/c1-19-10(13(15,16)17)5-11(21)20(12(19)22)8-2-3-9(14)7(4-8)6-18-23/h2-6,23H,1H3/b18-6+. The number of oxime groups is 1. The number of benzene rings is 1. The van der Waals surface area contributed by atoms with Crippen LogP contribution in [0.25, 0.3) is 5.69 Å². The molecule has 2 rings (SSSR count). The first-order valence-electron chi connectivity index (χ1n) is 6.04. The minimum absolute atomic E-state index is 0.0105. The molecule has 2 aromatic rings. The van der Waals surface area contributed by atoms with E-state index in [4.69, 9.17) is 16.8 Å². The van der Waals surface area contributed by atoms with Crippen molar-refractivity contribution >= 4 is 17.8 Å². The lowest BCUT2D eigenvalue weighted by Crippen LogP contribution is -2.40. The van der Waals surface area contributed by atoms with Gasteiger partial charge in [0.15, 0.2) is 0 Å². The SMILES string of the molecule is Cn1c(C(F)(F)F)cc(=O)n(-c2ccc(Cl)c(/C=N/O)c2)c1=O. The molecule has 0 saturated carbocycles. The Balaban J connectivity index is 2.76. The van der Waals surface area contributed by atoms with Crippen molar-refractivity contribution < 1.29 is 18.4 Å². The fourth-order valence-electron chi connectivity index (χ4n) is 1.97. The molecule has 0 aliphatic rings. The van der Waals surface area contributed by atoms with Crippen molar-refractivity contribution in [1.29, 1.82) is 0 Å². The van der Waals surface area contributed by atoms with Crippen molar-refractivity contribution in [2.45, 2.75) is 6.18 Å². The minimum Gasteiger partial charge on any atom is -0.411 e.